The number of benzene rings is 1. The van der Waals surface area contributed by atoms with Gasteiger partial charge in [0.25, 0.3) is 0 Å². The molecule has 1 fully saturated rings. The summed E-state index contributed by atoms with van der Waals surface area (Å²) in [6, 6.07) is 9.74. The van der Waals surface area contributed by atoms with Crippen LogP contribution in [0.1, 0.15) is 31.4 Å². The number of hydrogen-bond donors (Lipinski definition) is 2. The van der Waals surface area contributed by atoms with E-state index in [1.54, 1.807) is 6.92 Å². The number of hydrogen-bond acceptors (Lipinski definition) is 3. The molecule has 0 aromatic heterocycles. The Hall–Kier alpha value is -1.39. The summed E-state index contributed by atoms with van der Waals surface area (Å²) in [6.07, 6.45) is 2.18. The van der Waals surface area contributed by atoms with Gasteiger partial charge in [-0.1, -0.05) is 30.3 Å². The van der Waals surface area contributed by atoms with Crippen LogP contribution in [0.15, 0.2) is 30.3 Å². The third kappa shape index (κ3) is 3.78. The molecule has 2 unspecified atom stereocenters. The fourth-order valence-corrected chi connectivity index (χ4v) is 2.46. The van der Waals surface area contributed by atoms with Gasteiger partial charge in [-0.2, -0.15) is 0 Å². The third-order valence-corrected chi connectivity index (χ3v) is 3.52. The molecule has 1 heterocycles. The summed E-state index contributed by atoms with van der Waals surface area (Å²) in [5.74, 6) is 0.219. The van der Waals surface area contributed by atoms with Gasteiger partial charge >= 0.3 is 0 Å². The van der Waals surface area contributed by atoms with Crippen LogP contribution < -0.4 is 11.1 Å². The minimum Gasteiger partial charge on any atom is -0.373 e. The first kappa shape index (κ1) is 14.0. The molecule has 0 aliphatic carbocycles. The maximum Gasteiger partial charge on any atom is 0.236 e. The van der Waals surface area contributed by atoms with Crippen LogP contribution in [-0.2, 0) is 9.53 Å². The molecule has 0 bridgehead atoms. The van der Waals surface area contributed by atoms with Crippen molar-refractivity contribution in [1.29, 1.82) is 0 Å². The van der Waals surface area contributed by atoms with Gasteiger partial charge in [0.2, 0.25) is 5.91 Å². The number of amides is 1. The summed E-state index contributed by atoms with van der Waals surface area (Å²) in [5, 5.41) is 2.91. The summed E-state index contributed by atoms with van der Waals surface area (Å²) >= 11 is 0. The number of rotatable bonds is 4. The SMILES string of the molecule is C[C@H](N)C(=O)NCC1CCCOC1c1ccccc1. The Bertz CT molecular complexity index is 406. The van der Waals surface area contributed by atoms with E-state index in [2.05, 4.69) is 17.4 Å². The predicted molar refractivity (Wildman–Crippen MR) is 74.5 cm³/mol. The third-order valence-electron chi connectivity index (χ3n) is 3.52. The Labute approximate surface area is 114 Å². The molecule has 1 saturated heterocycles. The molecule has 3 N–H and O–H groups in total. The van der Waals surface area contributed by atoms with Gasteiger partial charge in [0.1, 0.15) is 0 Å². The Balaban J connectivity index is 1.98. The van der Waals surface area contributed by atoms with E-state index in [9.17, 15) is 4.79 Å². The first-order chi connectivity index (χ1) is 9.18. The first-order valence-electron chi connectivity index (χ1n) is 6.88. The maximum atomic E-state index is 11.6. The molecule has 0 saturated carbocycles. The number of carbonyl (C=O) groups is 1. The van der Waals surface area contributed by atoms with Crippen LogP contribution in [0.3, 0.4) is 0 Å². The van der Waals surface area contributed by atoms with Gasteiger partial charge in [0.05, 0.1) is 12.1 Å². The highest BCUT2D eigenvalue weighted by Gasteiger charge is 2.27. The van der Waals surface area contributed by atoms with E-state index >= 15 is 0 Å². The molecule has 19 heavy (non-hydrogen) atoms. The van der Waals surface area contributed by atoms with Crippen LogP contribution in [0.25, 0.3) is 0 Å². The highest BCUT2D eigenvalue weighted by atomic mass is 16.5. The van der Waals surface area contributed by atoms with E-state index < -0.39 is 6.04 Å². The Morgan fingerprint density at radius 1 is 1.47 bits per heavy atom. The highest BCUT2D eigenvalue weighted by Crippen LogP contribution is 2.32. The van der Waals surface area contributed by atoms with Gasteiger partial charge in [-0.25, -0.2) is 0 Å². The lowest BCUT2D eigenvalue weighted by Crippen LogP contribution is -2.42. The molecule has 1 aliphatic rings. The molecule has 4 heteroatoms. The van der Waals surface area contributed by atoms with Gasteiger partial charge in [-0.15, -0.1) is 0 Å². The summed E-state index contributed by atoms with van der Waals surface area (Å²) in [5.41, 5.74) is 6.74. The zero-order valence-electron chi connectivity index (χ0n) is 11.3. The maximum absolute atomic E-state index is 11.6. The van der Waals surface area contributed by atoms with Crippen LogP contribution in [0.5, 0.6) is 0 Å². The number of nitrogens with two attached hydrogens (primary N) is 1. The normalized spacial score (nSPS) is 24.7. The van der Waals surface area contributed by atoms with Gasteiger partial charge in [-0.05, 0) is 25.3 Å². The molecule has 1 aromatic carbocycles. The number of ether oxygens (including phenoxy) is 1. The van der Waals surface area contributed by atoms with Crippen molar-refractivity contribution in [3.63, 3.8) is 0 Å². The van der Waals surface area contributed by atoms with E-state index in [0.717, 1.165) is 19.4 Å². The van der Waals surface area contributed by atoms with Crippen LogP contribution in [0.4, 0.5) is 0 Å². The van der Waals surface area contributed by atoms with Crippen molar-refractivity contribution in [1.82, 2.24) is 5.32 Å². The molecule has 1 amide bonds. The largest absolute Gasteiger partial charge is 0.373 e. The molecule has 2 rings (SSSR count). The standard InChI is InChI=1S/C15H22N2O2/c1-11(16)15(18)17-10-13-8-5-9-19-14(13)12-6-3-2-4-7-12/h2-4,6-7,11,13-14H,5,8-10,16H2,1H3,(H,17,18)/t11-,13?,14?/m0/s1. The second kappa shape index (κ2) is 6.68. The second-order valence-corrected chi connectivity index (χ2v) is 5.14. The molecule has 4 nitrogen and oxygen atoms in total. The quantitative estimate of drug-likeness (QED) is 0.866. The predicted octanol–water partition coefficient (Wildman–Crippen LogP) is 1.62. The molecule has 1 aliphatic heterocycles. The van der Waals surface area contributed by atoms with Crippen molar-refractivity contribution < 1.29 is 9.53 Å². The van der Waals surface area contributed by atoms with Gasteiger partial charge in [-0.3, -0.25) is 4.79 Å². The zero-order chi connectivity index (χ0) is 13.7. The average Bonchev–Trinajstić information content (AvgIpc) is 2.46. The Morgan fingerprint density at radius 2 is 2.21 bits per heavy atom. The van der Waals surface area contributed by atoms with Crippen LogP contribution in [0.2, 0.25) is 0 Å². The van der Waals surface area contributed by atoms with E-state index in [-0.39, 0.29) is 12.0 Å². The number of carbonyl (C=O) groups excluding carboxylic acids is 1. The minimum absolute atomic E-state index is 0.0725. The van der Waals surface area contributed by atoms with E-state index in [4.69, 9.17) is 10.5 Å². The van der Waals surface area contributed by atoms with Crippen molar-refractivity contribution in [2.24, 2.45) is 11.7 Å². The molecular weight excluding hydrogens is 240 g/mol. The molecule has 3 atom stereocenters. The molecule has 104 valence electrons. The second-order valence-electron chi connectivity index (χ2n) is 5.14. The Kier molecular flexibility index (Phi) is 4.93. The zero-order valence-corrected chi connectivity index (χ0v) is 11.3. The minimum atomic E-state index is -0.459. The van der Waals surface area contributed by atoms with E-state index in [1.807, 2.05) is 18.2 Å². The molecule has 0 radical (unpaired) electrons. The van der Waals surface area contributed by atoms with Crippen LogP contribution in [-0.4, -0.2) is 25.1 Å². The smallest absolute Gasteiger partial charge is 0.236 e. The number of nitrogens with one attached hydrogen (secondary N) is 1. The van der Waals surface area contributed by atoms with Crippen molar-refractivity contribution >= 4 is 5.91 Å². The van der Waals surface area contributed by atoms with E-state index in [1.165, 1.54) is 5.56 Å². The lowest BCUT2D eigenvalue weighted by Gasteiger charge is -2.32. The fourth-order valence-electron chi connectivity index (χ4n) is 2.46. The van der Waals surface area contributed by atoms with Gasteiger partial charge in [0.15, 0.2) is 0 Å². The molecular formula is C15H22N2O2. The fraction of sp³-hybridized carbons (Fsp3) is 0.533. The highest BCUT2D eigenvalue weighted by molar-refractivity contribution is 5.80. The topological polar surface area (TPSA) is 64.4 Å². The van der Waals surface area contributed by atoms with Crippen molar-refractivity contribution in [3.8, 4) is 0 Å². The van der Waals surface area contributed by atoms with Crippen molar-refractivity contribution in [2.75, 3.05) is 13.2 Å². The lowest BCUT2D eigenvalue weighted by atomic mass is 9.89. The summed E-state index contributed by atoms with van der Waals surface area (Å²) < 4.78 is 5.89. The lowest BCUT2D eigenvalue weighted by molar-refractivity contribution is -0.122. The molecule has 1 aromatic rings. The van der Waals surface area contributed by atoms with Crippen molar-refractivity contribution in [2.45, 2.75) is 31.9 Å². The average molecular weight is 262 g/mol. The van der Waals surface area contributed by atoms with Gasteiger partial charge in [0, 0.05) is 19.1 Å². The first-order valence-corrected chi connectivity index (χ1v) is 6.88. The summed E-state index contributed by atoms with van der Waals surface area (Å²) in [7, 11) is 0. The van der Waals surface area contributed by atoms with E-state index in [0.29, 0.717) is 12.5 Å². The summed E-state index contributed by atoms with van der Waals surface area (Å²) in [4.78, 5) is 11.6. The van der Waals surface area contributed by atoms with Crippen molar-refractivity contribution in [3.05, 3.63) is 35.9 Å². The monoisotopic (exact) mass is 262 g/mol. The molecule has 0 spiro atoms. The summed E-state index contributed by atoms with van der Waals surface area (Å²) in [6.45, 7) is 3.11. The van der Waals surface area contributed by atoms with Crippen LogP contribution >= 0.6 is 0 Å². The Morgan fingerprint density at radius 3 is 2.89 bits per heavy atom. The van der Waals surface area contributed by atoms with Gasteiger partial charge < -0.3 is 15.8 Å². The van der Waals surface area contributed by atoms with Crippen LogP contribution in [0, 0.1) is 5.92 Å².